The largest absolute Gasteiger partial charge is 0.450 e. The standard InChI is InChI=1S/C25H31ClF2O5/c1-5-21(32)33-25(20(31)12-26)13(2)8-15-16-10-18(27)17-9-14(29)6-7-22(17,3)24(16,28)19(30)11-23(15,25)4/h6-7,9,13,15-16,18-19,30H,5,8,10-12H2,1-4H3/t13-,15+,16+,18+,19+,22+,23+,24+,25+/m1/s1. The lowest BCUT2D eigenvalue weighted by atomic mass is 9.44. The molecule has 1 N–H and O–H groups in total. The number of ether oxygens (including phenoxy) is 1. The zero-order chi connectivity index (χ0) is 24.6. The molecule has 0 aromatic carbocycles. The number of rotatable bonds is 4. The summed E-state index contributed by atoms with van der Waals surface area (Å²) >= 11 is 5.97. The Kier molecular flexibility index (Phi) is 5.73. The van der Waals surface area contributed by atoms with Crippen molar-refractivity contribution >= 4 is 29.1 Å². The molecule has 0 spiro atoms. The molecule has 0 saturated heterocycles. The molecule has 8 heteroatoms. The summed E-state index contributed by atoms with van der Waals surface area (Å²) in [7, 11) is 0. The van der Waals surface area contributed by atoms with Crippen LogP contribution in [0.1, 0.15) is 53.4 Å². The van der Waals surface area contributed by atoms with Gasteiger partial charge in [-0.2, -0.15) is 0 Å². The fourth-order valence-corrected chi connectivity index (χ4v) is 7.94. The van der Waals surface area contributed by atoms with Gasteiger partial charge in [0, 0.05) is 29.1 Å². The lowest BCUT2D eigenvalue weighted by Crippen LogP contribution is -2.71. The summed E-state index contributed by atoms with van der Waals surface area (Å²) in [6.45, 7) is 6.64. The smallest absolute Gasteiger partial charge is 0.306 e. The van der Waals surface area contributed by atoms with Crippen molar-refractivity contribution in [2.45, 2.75) is 76.9 Å². The molecule has 3 fully saturated rings. The molecule has 0 radical (unpaired) electrons. The summed E-state index contributed by atoms with van der Waals surface area (Å²) in [5.41, 5.74) is -6.47. The highest BCUT2D eigenvalue weighted by molar-refractivity contribution is 6.29. The predicted molar refractivity (Wildman–Crippen MR) is 118 cm³/mol. The van der Waals surface area contributed by atoms with Crippen LogP contribution >= 0.6 is 11.6 Å². The minimum Gasteiger partial charge on any atom is -0.450 e. The van der Waals surface area contributed by atoms with Gasteiger partial charge in [0.2, 0.25) is 0 Å². The Morgan fingerprint density at radius 1 is 1.27 bits per heavy atom. The van der Waals surface area contributed by atoms with E-state index in [2.05, 4.69) is 0 Å². The van der Waals surface area contributed by atoms with Gasteiger partial charge in [0.1, 0.15) is 6.17 Å². The number of ketones is 2. The maximum Gasteiger partial charge on any atom is 0.306 e. The summed E-state index contributed by atoms with van der Waals surface area (Å²) in [6, 6.07) is 0. The molecule has 0 amide bonds. The molecular weight excluding hydrogens is 454 g/mol. The predicted octanol–water partition coefficient (Wildman–Crippen LogP) is 4.05. The maximum absolute atomic E-state index is 17.2. The van der Waals surface area contributed by atoms with Crippen LogP contribution in [0.5, 0.6) is 0 Å². The van der Waals surface area contributed by atoms with Crippen LogP contribution in [0.3, 0.4) is 0 Å². The molecule has 33 heavy (non-hydrogen) atoms. The van der Waals surface area contributed by atoms with Crippen LogP contribution in [0.2, 0.25) is 0 Å². The van der Waals surface area contributed by atoms with E-state index in [1.54, 1.807) is 20.8 Å². The SMILES string of the molecule is CCC(=O)O[C@]1(C(=O)CCl)[C@H](C)C[C@H]2[C@@H]3C[C@H](F)C4=CC(=O)C=C[C@]4(C)[C@@]3(F)[C@@H](O)C[C@@]21C. The van der Waals surface area contributed by atoms with E-state index in [4.69, 9.17) is 16.3 Å². The number of carbonyl (C=O) groups excluding carboxylic acids is 3. The second-order valence-electron chi connectivity index (χ2n) is 10.6. The number of hydrogen-bond donors (Lipinski definition) is 1. The van der Waals surface area contributed by atoms with Gasteiger partial charge in [-0.25, -0.2) is 8.78 Å². The Bertz CT molecular complexity index is 964. The number of aliphatic hydroxyl groups excluding tert-OH is 1. The Morgan fingerprint density at radius 3 is 2.55 bits per heavy atom. The van der Waals surface area contributed by atoms with Crippen LogP contribution in [0.4, 0.5) is 8.78 Å². The normalized spacial score (nSPS) is 48.4. The zero-order valence-electron chi connectivity index (χ0n) is 19.4. The molecule has 4 aliphatic carbocycles. The van der Waals surface area contributed by atoms with Crippen LogP contribution in [-0.4, -0.2) is 52.1 Å². The van der Waals surface area contributed by atoms with E-state index in [1.165, 1.54) is 19.1 Å². The van der Waals surface area contributed by atoms with Crippen molar-refractivity contribution in [1.82, 2.24) is 0 Å². The Labute approximate surface area is 197 Å². The number of fused-ring (bicyclic) bond motifs is 5. The highest BCUT2D eigenvalue weighted by Gasteiger charge is 2.77. The van der Waals surface area contributed by atoms with Crippen LogP contribution in [-0.2, 0) is 19.1 Å². The van der Waals surface area contributed by atoms with Gasteiger partial charge >= 0.3 is 5.97 Å². The van der Waals surface area contributed by atoms with E-state index in [0.29, 0.717) is 6.42 Å². The molecule has 0 unspecified atom stereocenters. The lowest BCUT2D eigenvalue weighted by Gasteiger charge is -2.63. The number of halogens is 3. The number of carbonyl (C=O) groups is 3. The summed E-state index contributed by atoms with van der Waals surface area (Å²) in [5, 5.41) is 11.4. The summed E-state index contributed by atoms with van der Waals surface area (Å²) in [4.78, 5) is 37.7. The van der Waals surface area contributed by atoms with Gasteiger partial charge in [-0.15, -0.1) is 11.6 Å². The van der Waals surface area contributed by atoms with Crippen LogP contribution in [0.15, 0.2) is 23.8 Å². The van der Waals surface area contributed by atoms with E-state index < -0.39 is 75.5 Å². The highest BCUT2D eigenvalue weighted by atomic mass is 35.5. The molecule has 4 rings (SSSR count). The van der Waals surface area contributed by atoms with Crippen LogP contribution in [0, 0.1) is 28.6 Å². The summed E-state index contributed by atoms with van der Waals surface area (Å²) in [5.74, 6) is -3.84. The molecule has 0 aromatic heterocycles. The quantitative estimate of drug-likeness (QED) is 0.481. The summed E-state index contributed by atoms with van der Waals surface area (Å²) < 4.78 is 38.5. The van der Waals surface area contributed by atoms with Crippen molar-refractivity contribution in [3.63, 3.8) is 0 Å². The fraction of sp³-hybridized carbons (Fsp3) is 0.720. The van der Waals surface area contributed by atoms with Crippen molar-refractivity contribution in [1.29, 1.82) is 0 Å². The topological polar surface area (TPSA) is 80.7 Å². The van der Waals surface area contributed by atoms with Crippen LogP contribution in [0.25, 0.3) is 0 Å². The molecule has 4 aliphatic rings. The molecule has 182 valence electrons. The first-order valence-corrected chi connectivity index (χ1v) is 12.1. The Morgan fingerprint density at radius 2 is 1.94 bits per heavy atom. The summed E-state index contributed by atoms with van der Waals surface area (Å²) in [6.07, 6.45) is 0.584. The van der Waals surface area contributed by atoms with E-state index in [9.17, 15) is 19.5 Å². The molecule has 9 atom stereocenters. The van der Waals surface area contributed by atoms with Gasteiger partial charge in [0.15, 0.2) is 22.8 Å². The van der Waals surface area contributed by atoms with Gasteiger partial charge in [0.05, 0.1) is 12.0 Å². The molecule has 0 heterocycles. The van der Waals surface area contributed by atoms with E-state index in [0.717, 1.165) is 6.08 Å². The third kappa shape index (κ3) is 2.87. The number of hydrogen-bond acceptors (Lipinski definition) is 5. The van der Waals surface area contributed by atoms with E-state index in [1.807, 2.05) is 0 Å². The monoisotopic (exact) mass is 484 g/mol. The number of allylic oxidation sites excluding steroid dienone is 4. The molecule has 3 saturated carbocycles. The van der Waals surface area contributed by atoms with Gasteiger partial charge in [-0.3, -0.25) is 14.4 Å². The Hall–Kier alpha value is -1.60. The average molecular weight is 485 g/mol. The number of aliphatic hydroxyl groups is 1. The van der Waals surface area contributed by atoms with Crippen LogP contribution < -0.4 is 0 Å². The first-order chi connectivity index (χ1) is 15.3. The van der Waals surface area contributed by atoms with Crippen molar-refractivity contribution in [2.75, 3.05) is 5.88 Å². The Balaban J connectivity index is 1.88. The van der Waals surface area contributed by atoms with Gasteiger partial charge in [0.25, 0.3) is 0 Å². The second kappa shape index (κ2) is 7.70. The third-order valence-corrected chi connectivity index (χ3v) is 9.51. The van der Waals surface area contributed by atoms with E-state index >= 15 is 8.78 Å². The van der Waals surface area contributed by atoms with Crippen molar-refractivity contribution in [2.24, 2.45) is 28.6 Å². The van der Waals surface area contributed by atoms with Gasteiger partial charge in [-0.1, -0.05) is 26.8 Å². The van der Waals surface area contributed by atoms with Gasteiger partial charge < -0.3 is 9.84 Å². The lowest BCUT2D eigenvalue weighted by molar-refractivity contribution is -0.230. The average Bonchev–Trinajstić information content (AvgIpc) is 2.98. The maximum atomic E-state index is 17.2. The molecule has 5 nitrogen and oxygen atoms in total. The van der Waals surface area contributed by atoms with Gasteiger partial charge in [-0.05, 0) is 49.8 Å². The first-order valence-electron chi connectivity index (χ1n) is 11.6. The van der Waals surface area contributed by atoms with Crippen molar-refractivity contribution < 1.29 is 33.0 Å². The minimum absolute atomic E-state index is 0.0431. The number of esters is 1. The molecule has 0 bridgehead atoms. The van der Waals surface area contributed by atoms with E-state index in [-0.39, 0.29) is 24.8 Å². The number of Topliss-reactive ketones (excluding diaryl/α,β-unsaturated/α-hetero) is 1. The second-order valence-corrected chi connectivity index (χ2v) is 10.9. The third-order valence-electron chi connectivity index (χ3n) is 9.27. The van der Waals surface area contributed by atoms with Crippen molar-refractivity contribution in [3.05, 3.63) is 23.8 Å². The zero-order valence-corrected chi connectivity index (χ0v) is 20.1. The first kappa shape index (κ1) is 24.5. The minimum atomic E-state index is -2.25. The fourth-order valence-electron chi connectivity index (χ4n) is 7.74. The molecule has 0 aromatic rings. The van der Waals surface area contributed by atoms with Crippen molar-refractivity contribution in [3.8, 4) is 0 Å². The highest BCUT2D eigenvalue weighted by Crippen LogP contribution is 2.71. The number of alkyl halides is 3. The molecule has 0 aliphatic heterocycles. The molecular formula is C25H31ClF2O5.